The quantitative estimate of drug-likeness (QED) is 0.780. The van der Waals surface area contributed by atoms with E-state index in [1.165, 1.54) is 4.90 Å². The largest absolute Gasteiger partial charge is 0.419 e. The lowest BCUT2D eigenvalue weighted by molar-refractivity contribution is -0.310. The van der Waals surface area contributed by atoms with Crippen LogP contribution in [0.4, 0.5) is 13.2 Å². The van der Waals surface area contributed by atoms with Gasteiger partial charge in [0.1, 0.15) is 0 Å². The summed E-state index contributed by atoms with van der Waals surface area (Å²) in [5.41, 5.74) is -2.09. The van der Waals surface area contributed by atoms with Crippen LogP contribution < -0.4 is 0 Å². The van der Waals surface area contributed by atoms with Crippen molar-refractivity contribution in [1.29, 1.82) is 0 Å². The van der Waals surface area contributed by atoms with Crippen molar-refractivity contribution in [2.45, 2.75) is 31.0 Å². The Morgan fingerprint density at radius 2 is 1.79 bits per heavy atom. The van der Waals surface area contributed by atoms with Crippen molar-refractivity contribution in [3.8, 4) is 0 Å². The van der Waals surface area contributed by atoms with Crippen LogP contribution in [0.1, 0.15) is 19.3 Å². The van der Waals surface area contributed by atoms with E-state index in [1.54, 1.807) is 4.90 Å². The number of amides is 1. The molecule has 0 saturated carbocycles. The number of carbonyl (C=O) groups excluding carboxylic acids is 1. The topological polar surface area (TPSA) is 32.8 Å². The van der Waals surface area contributed by atoms with E-state index in [9.17, 15) is 18.0 Å². The fraction of sp³-hybridized carbons (Fsp3) is 0.917. The molecule has 19 heavy (non-hydrogen) atoms. The maximum atomic E-state index is 12.8. The molecule has 0 aromatic carbocycles. The van der Waals surface area contributed by atoms with Crippen LogP contribution >= 0.6 is 0 Å². The van der Waals surface area contributed by atoms with Gasteiger partial charge in [0.2, 0.25) is 5.91 Å². The first-order valence-electron chi connectivity index (χ1n) is 6.50. The number of carbonyl (C=O) groups is 1. The SMILES string of the molecule is COC1(C(F)(F)F)CN(CC(=O)N2CCCCC2)C1. The molecule has 2 rings (SSSR count). The van der Waals surface area contributed by atoms with Crippen LogP contribution in [0, 0.1) is 0 Å². The van der Waals surface area contributed by atoms with Gasteiger partial charge in [0.15, 0.2) is 5.60 Å². The predicted molar refractivity (Wildman–Crippen MR) is 62.7 cm³/mol. The van der Waals surface area contributed by atoms with Gasteiger partial charge in [0, 0.05) is 33.3 Å². The van der Waals surface area contributed by atoms with Crippen molar-refractivity contribution in [3.63, 3.8) is 0 Å². The molecule has 0 aliphatic carbocycles. The molecular weight excluding hydrogens is 261 g/mol. The Bertz CT molecular complexity index is 334. The van der Waals surface area contributed by atoms with Crippen LogP contribution in [0.15, 0.2) is 0 Å². The molecule has 4 nitrogen and oxygen atoms in total. The van der Waals surface area contributed by atoms with Gasteiger partial charge in [-0.3, -0.25) is 9.69 Å². The molecule has 110 valence electrons. The van der Waals surface area contributed by atoms with Gasteiger partial charge in [-0.25, -0.2) is 0 Å². The number of likely N-dealkylation sites (tertiary alicyclic amines) is 2. The van der Waals surface area contributed by atoms with Crippen molar-refractivity contribution in [1.82, 2.24) is 9.80 Å². The number of rotatable bonds is 3. The summed E-state index contributed by atoms with van der Waals surface area (Å²) in [7, 11) is 1.07. The fourth-order valence-corrected chi connectivity index (χ4v) is 2.65. The molecule has 0 atom stereocenters. The third kappa shape index (κ3) is 2.86. The molecule has 1 amide bonds. The number of methoxy groups -OCH3 is 1. The number of ether oxygens (including phenoxy) is 1. The van der Waals surface area contributed by atoms with Crippen LogP contribution in [0.3, 0.4) is 0 Å². The average molecular weight is 280 g/mol. The minimum Gasteiger partial charge on any atom is -0.366 e. The van der Waals surface area contributed by atoms with E-state index >= 15 is 0 Å². The Kier molecular flexibility index (Phi) is 4.06. The number of alkyl halides is 3. The molecule has 0 bridgehead atoms. The Balaban J connectivity index is 1.82. The summed E-state index contributed by atoms with van der Waals surface area (Å²) in [6, 6.07) is 0. The van der Waals surface area contributed by atoms with Crippen LogP contribution in [-0.4, -0.2) is 67.3 Å². The zero-order valence-corrected chi connectivity index (χ0v) is 11.0. The number of piperidine rings is 1. The van der Waals surface area contributed by atoms with Crippen LogP contribution in [0.25, 0.3) is 0 Å². The maximum Gasteiger partial charge on any atom is 0.419 e. The van der Waals surface area contributed by atoms with Crippen molar-refractivity contribution in [3.05, 3.63) is 0 Å². The molecular formula is C12H19F3N2O2. The normalized spacial score (nSPS) is 24.1. The number of hydrogen-bond donors (Lipinski definition) is 0. The third-order valence-electron chi connectivity index (χ3n) is 3.93. The molecule has 2 aliphatic rings. The molecule has 2 heterocycles. The van der Waals surface area contributed by atoms with Crippen molar-refractivity contribution in [2.75, 3.05) is 39.8 Å². The first-order valence-corrected chi connectivity index (χ1v) is 6.50. The monoisotopic (exact) mass is 280 g/mol. The molecule has 0 aromatic rings. The minimum absolute atomic E-state index is 0.0567. The summed E-state index contributed by atoms with van der Waals surface area (Å²) < 4.78 is 42.9. The van der Waals surface area contributed by atoms with E-state index in [-0.39, 0.29) is 25.5 Å². The fourth-order valence-electron chi connectivity index (χ4n) is 2.65. The lowest BCUT2D eigenvalue weighted by Crippen LogP contribution is -2.71. The van der Waals surface area contributed by atoms with Gasteiger partial charge in [-0.15, -0.1) is 0 Å². The summed E-state index contributed by atoms with van der Waals surface area (Å²) in [5, 5.41) is 0. The van der Waals surface area contributed by atoms with E-state index in [1.807, 2.05) is 0 Å². The number of hydrogen-bond acceptors (Lipinski definition) is 3. The molecule has 7 heteroatoms. The third-order valence-corrected chi connectivity index (χ3v) is 3.93. The maximum absolute atomic E-state index is 12.8. The van der Waals surface area contributed by atoms with Crippen molar-refractivity contribution >= 4 is 5.91 Å². The van der Waals surface area contributed by atoms with Gasteiger partial charge in [-0.05, 0) is 19.3 Å². The first kappa shape index (κ1) is 14.6. The lowest BCUT2D eigenvalue weighted by atomic mass is 9.93. The van der Waals surface area contributed by atoms with Gasteiger partial charge >= 0.3 is 6.18 Å². The Labute approximate surface area is 110 Å². The Morgan fingerprint density at radius 3 is 2.26 bits per heavy atom. The number of nitrogens with zero attached hydrogens (tertiary/aromatic N) is 2. The smallest absolute Gasteiger partial charge is 0.366 e. The van der Waals surface area contributed by atoms with Crippen LogP contribution in [0.2, 0.25) is 0 Å². The Morgan fingerprint density at radius 1 is 1.21 bits per heavy atom. The molecule has 0 N–H and O–H groups in total. The molecule has 2 saturated heterocycles. The number of halogens is 3. The highest BCUT2D eigenvalue weighted by molar-refractivity contribution is 5.78. The predicted octanol–water partition coefficient (Wildman–Crippen LogP) is 1.26. The van der Waals surface area contributed by atoms with E-state index in [2.05, 4.69) is 4.74 Å². The zero-order valence-electron chi connectivity index (χ0n) is 11.0. The molecule has 0 unspecified atom stereocenters. The highest BCUT2D eigenvalue weighted by Gasteiger charge is 2.62. The molecule has 0 radical (unpaired) electrons. The summed E-state index contributed by atoms with van der Waals surface area (Å²) in [6.45, 7) is 0.989. The molecule has 2 fully saturated rings. The van der Waals surface area contributed by atoms with Gasteiger partial charge < -0.3 is 9.64 Å². The molecule has 0 aromatic heterocycles. The Hall–Kier alpha value is -0.820. The van der Waals surface area contributed by atoms with Crippen LogP contribution in [-0.2, 0) is 9.53 Å². The van der Waals surface area contributed by atoms with Gasteiger partial charge in [-0.2, -0.15) is 13.2 Å². The second-order valence-electron chi connectivity index (χ2n) is 5.28. The zero-order chi connectivity index (χ0) is 14.1. The summed E-state index contributed by atoms with van der Waals surface area (Å²) in [4.78, 5) is 15.1. The van der Waals surface area contributed by atoms with E-state index in [4.69, 9.17) is 0 Å². The van der Waals surface area contributed by atoms with E-state index < -0.39 is 11.8 Å². The van der Waals surface area contributed by atoms with Gasteiger partial charge in [0.25, 0.3) is 0 Å². The second kappa shape index (κ2) is 5.28. The standard InChI is InChI=1S/C12H19F3N2O2/c1-19-11(12(13,14)15)8-16(9-11)7-10(18)17-5-3-2-4-6-17/h2-9H2,1H3. The molecule has 0 spiro atoms. The highest BCUT2D eigenvalue weighted by Crippen LogP contribution is 2.40. The second-order valence-corrected chi connectivity index (χ2v) is 5.28. The van der Waals surface area contributed by atoms with Gasteiger partial charge in [-0.1, -0.05) is 0 Å². The summed E-state index contributed by atoms with van der Waals surface area (Å²) in [5.74, 6) is -0.0772. The lowest BCUT2D eigenvalue weighted by Gasteiger charge is -2.49. The molecule has 2 aliphatic heterocycles. The van der Waals surface area contributed by atoms with E-state index in [0.717, 1.165) is 39.5 Å². The first-order chi connectivity index (χ1) is 8.88. The van der Waals surface area contributed by atoms with Crippen molar-refractivity contribution in [2.24, 2.45) is 0 Å². The highest BCUT2D eigenvalue weighted by atomic mass is 19.4. The summed E-state index contributed by atoms with van der Waals surface area (Å²) >= 11 is 0. The van der Waals surface area contributed by atoms with E-state index in [0.29, 0.717) is 0 Å². The van der Waals surface area contributed by atoms with Crippen molar-refractivity contribution < 1.29 is 22.7 Å². The van der Waals surface area contributed by atoms with Gasteiger partial charge in [0.05, 0.1) is 6.54 Å². The van der Waals surface area contributed by atoms with Crippen LogP contribution in [0.5, 0.6) is 0 Å². The summed E-state index contributed by atoms with van der Waals surface area (Å²) in [6.07, 6.45) is -1.30. The average Bonchev–Trinajstić information content (AvgIpc) is 2.32. The minimum atomic E-state index is -4.38.